The van der Waals surface area contributed by atoms with Crippen LogP contribution in [0.2, 0.25) is 5.02 Å². The molecule has 2 aliphatic rings. The summed E-state index contributed by atoms with van der Waals surface area (Å²) in [6.45, 7) is 5.58. The predicted molar refractivity (Wildman–Crippen MR) is 81.7 cm³/mol. The van der Waals surface area contributed by atoms with Gasteiger partial charge in [-0.15, -0.1) is 0 Å². The first-order valence-corrected chi connectivity index (χ1v) is 7.91. The fourth-order valence-electron chi connectivity index (χ4n) is 3.23. The number of halogens is 1. The average molecular weight is 309 g/mol. The highest BCUT2D eigenvalue weighted by Crippen LogP contribution is 2.24. The highest BCUT2D eigenvalue weighted by atomic mass is 35.5. The minimum Gasteiger partial charge on any atom is -0.337 e. The summed E-state index contributed by atoms with van der Waals surface area (Å²) in [6, 6.07) is 2.12. The van der Waals surface area contributed by atoms with Crippen LogP contribution in [0, 0.1) is 5.92 Å². The molecular weight excluding hydrogens is 288 g/mol. The average Bonchev–Trinajstić information content (AvgIpc) is 2.86. The third-order valence-electron chi connectivity index (χ3n) is 4.61. The van der Waals surface area contributed by atoms with Crippen molar-refractivity contribution in [3.63, 3.8) is 0 Å². The van der Waals surface area contributed by atoms with Crippen LogP contribution < -0.4 is 10.9 Å². The second-order valence-corrected chi connectivity index (χ2v) is 6.35. The molecule has 1 saturated heterocycles. The van der Waals surface area contributed by atoms with Crippen LogP contribution in [0.5, 0.6) is 0 Å². The molecule has 5 nitrogen and oxygen atoms in total. The molecule has 0 saturated carbocycles. The minimum absolute atomic E-state index is 0.149. The fraction of sp³-hybridized carbons (Fsp3) is 0.600. The summed E-state index contributed by atoms with van der Waals surface area (Å²) in [7, 11) is 0. The number of amides is 1. The van der Waals surface area contributed by atoms with E-state index in [4.69, 9.17) is 11.6 Å². The molecule has 2 N–H and O–H groups in total. The Bertz CT molecular complexity index is 550. The molecule has 2 aliphatic heterocycles. The van der Waals surface area contributed by atoms with E-state index in [-0.39, 0.29) is 11.9 Å². The summed E-state index contributed by atoms with van der Waals surface area (Å²) >= 11 is 6.00. The van der Waals surface area contributed by atoms with E-state index in [1.54, 1.807) is 6.20 Å². The molecule has 3 atom stereocenters. The van der Waals surface area contributed by atoms with Crippen molar-refractivity contribution < 1.29 is 4.79 Å². The number of nitrogens with one attached hydrogen (secondary N) is 2. The van der Waals surface area contributed by atoms with Crippen LogP contribution in [0.3, 0.4) is 0 Å². The van der Waals surface area contributed by atoms with E-state index in [0.717, 1.165) is 30.6 Å². The Kier molecular flexibility index (Phi) is 4.15. The Morgan fingerprint density at radius 1 is 1.52 bits per heavy atom. The first kappa shape index (κ1) is 14.8. The molecule has 6 heteroatoms. The van der Waals surface area contributed by atoms with E-state index in [9.17, 15) is 4.79 Å². The molecule has 1 amide bonds. The van der Waals surface area contributed by atoms with Crippen molar-refractivity contribution in [2.45, 2.75) is 45.3 Å². The number of pyridine rings is 1. The number of nitrogens with zero attached hydrogens (tertiary/aromatic N) is 2. The molecule has 0 radical (unpaired) electrons. The molecule has 1 aromatic rings. The maximum atomic E-state index is 12.7. The SMILES string of the molecule is CCC1NNC(C(=O)N2CCc3ncc(Cl)cc3C2)C1C. The van der Waals surface area contributed by atoms with Crippen LogP contribution in [0.15, 0.2) is 12.3 Å². The lowest BCUT2D eigenvalue weighted by molar-refractivity contribution is -0.135. The van der Waals surface area contributed by atoms with E-state index in [0.29, 0.717) is 23.5 Å². The minimum atomic E-state index is -0.149. The quantitative estimate of drug-likeness (QED) is 0.869. The van der Waals surface area contributed by atoms with Crippen molar-refractivity contribution in [1.29, 1.82) is 0 Å². The van der Waals surface area contributed by atoms with Gasteiger partial charge in [-0.05, 0) is 24.0 Å². The Morgan fingerprint density at radius 3 is 3.05 bits per heavy atom. The second kappa shape index (κ2) is 5.91. The lowest BCUT2D eigenvalue weighted by Crippen LogP contribution is -2.49. The van der Waals surface area contributed by atoms with Gasteiger partial charge in [0.2, 0.25) is 5.91 Å². The monoisotopic (exact) mass is 308 g/mol. The first-order chi connectivity index (χ1) is 10.1. The Balaban J connectivity index is 1.72. The smallest absolute Gasteiger partial charge is 0.241 e. The zero-order valence-corrected chi connectivity index (χ0v) is 13.2. The van der Waals surface area contributed by atoms with Crippen LogP contribution in [0.4, 0.5) is 0 Å². The molecular formula is C15H21ClN4O. The van der Waals surface area contributed by atoms with Crippen molar-refractivity contribution in [1.82, 2.24) is 20.7 Å². The van der Waals surface area contributed by atoms with Crippen LogP contribution >= 0.6 is 11.6 Å². The maximum absolute atomic E-state index is 12.7. The van der Waals surface area contributed by atoms with Crippen LogP contribution in [0.25, 0.3) is 0 Å². The third-order valence-corrected chi connectivity index (χ3v) is 4.82. The maximum Gasteiger partial charge on any atom is 0.241 e. The molecule has 1 aromatic heterocycles. The number of hydrogen-bond donors (Lipinski definition) is 2. The molecule has 1 fully saturated rings. The molecule has 114 valence electrons. The molecule has 21 heavy (non-hydrogen) atoms. The van der Waals surface area contributed by atoms with Gasteiger partial charge in [0.25, 0.3) is 0 Å². The molecule has 3 unspecified atom stereocenters. The first-order valence-electron chi connectivity index (χ1n) is 7.53. The van der Waals surface area contributed by atoms with Gasteiger partial charge in [0.1, 0.15) is 6.04 Å². The summed E-state index contributed by atoms with van der Waals surface area (Å²) in [4.78, 5) is 19.0. The summed E-state index contributed by atoms with van der Waals surface area (Å²) in [5, 5.41) is 0.628. The van der Waals surface area contributed by atoms with Crippen LogP contribution in [0.1, 0.15) is 31.5 Å². The van der Waals surface area contributed by atoms with Crippen LogP contribution in [-0.2, 0) is 17.8 Å². The number of carbonyl (C=O) groups is 1. The number of hydrazine groups is 1. The number of aromatic nitrogens is 1. The van der Waals surface area contributed by atoms with Crippen molar-refractivity contribution in [2.24, 2.45) is 5.92 Å². The van der Waals surface area contributed by atoms with E-state index < -0.39 is 0 Å². The van der Waals surface area contributed by atoms with E-state index in [2.05, 4.69) is 29.7 Å². The molecule has 0 aromatic carbocycles. The number of hydrogen-bond acceptors (Lipinski definition) is 4. The van der Waals surface area contributed by atoms with Crippen molar-refractivity contribution in [2.75, 3.05) is 6.54 Å². The molecule has 0 spiro atoms. The highest BCUT2D eigenvalue weighted by molar-refractivity contribution is 6.30. The second-order valence-electron chi connectivity index (χ2n) is 5.91. The molecule has 3 rings (SSSR count). The van der Waals surface area contributed by atoms with E-state index in [1.165, 1.54) is 0 Å². The van der Waals surface area contributed by atoms with Gasteiger partial charge in [-0.25, -0.2) is 5.43 Å². The van der Waals surface area contributed by atoms with Crippen molar-refractivity contribution in [3.05, 3.63) is 28.5 Å². The lowest BCUT2D eigenvalue weighted by Gasteiger charge is -2.31. The number of rotatable bonds is 2. The summed E-state index contributed by atoms with van der Waals surface area (Å²) in [5.41, 5.74) is 8.50. The zero-order chi connectivity index (χ0) is 15.0. The van der Waals surface area contributed by atoms with Crippen molar-refractivity contribution in [3.8, 4) is 0 Å². The van der Waals surface area contributed by atoms with Crippen molar-refractivity contribution >= 4 is 17.5 Å². The van der Waals surface area contributed by atoms with E-state index in [1.807, 2.05) is 11.0 Å². The number of fused-ring (bicyclic) bond motifs is 1. The van der Waals surface area contributed by atoms with Gasteiger partial charge < -0.3 is 4.90 Å². The largest absolute Gasteiger partial charge is 0.337 e. The Hall–Kier alpha value is -1.17. The summed E-state index contributed by atoms with van der Waals surface area (Å²) in [5.74, 6) is 0.456. The lowest BCUT2D eigenvalue weighted by atomic mass is 9.93. The fourth-order valence-corrected chi connectivity index (χ4v) is 3.41. The standard InChI is InChI=1S/C15H21ClN4O/c1-3-12-9(2)14(19-18-12)15(21)20-5-4-13-10(8-20)6-11(16)7-17-13/h6-7,9,12,14,18-19H,3-5,8H2,1-2H3. The predicted octanol–water partition coefficient (Wildman–Crippen LogP) is 1.51. The summed E-state index contributed by atoms with van der Waals surface area (Å²) in [6.07, 6.45) is 3.48. The van der Waals surface area contributed by atoms with Gasteiger partial charge in [-0.2, -0.15) is 0 Å². The Labute approximate surface area is 130 Å². The van der Waals surface area contributed by atoms with Crippen LogP contribution in [-0.4, -0.2) is 34.4 Å². The van der Waals surface area contributed by atoms with Gasteiger partial charge in [-0.1, -0.05) is 25.4 Å². The Morgan fingerprint density at radius 2 is 2.33 bits per heavy atom. The van der Waals surface area contributed by atoms with E-state index >= 15 is 0 Å². The van der Waals surface area contributed by atoms with Gasteiger partial charge in [0.15, 0.2) is 0 Å². The molecule has 0 bridgehead atoms. The zero-order valence-electron chi connectivity index (χ0n) is 12.4. The van der Waals surface area contributed by atoms with Gasteiger partial charge in [0.05, 0.1) is 5.02 Å². The molecule has 0 aliphatic carbocycles. The summed E-state index contributed by atoms with van der Waals surface area (Å²) < 4.78 is 0. The molecule has 3 heterocycles. The highest BCUT2D eigenvalue weighted by Gasteiger charge is 2.38. The number of carbonyl (C=O) groups excluding carboxylic acids is 1. The van der Waals surface area contributed by atoms with Gasteiger partial charge >= 0.3 is 0 Å². The van der Waals surface area contributed by atoms with Gasteiger partial charge in [-0.3, -0.25) is 15.2 Å². The topological polar surface area (TPSA) is 57.3 Å². The van der Waals surface area contributed by atoms with Gasteiger partial charge in [0, 0.05) is 37.4 Å². The normalized spacial score (nSPS) is 28.5. The third kappa shape index (κ3) is 2.78.